The third-order valence-corrected chi connectivity index (χ3v) is 6.42. The largest absolute Gasteiger partial charge is 0.371 e. The van der Waals surface area contributed by atoms with Gasteiger partial charge in [0.05, 0.1) is 29.6 Å². The molecule has 2 aliphatic rings. The molecule has 8 nitrogen and oxygen atoms in total. The first-order chi connectivity index (χ1) is 14.6. The first-order valence-electron chi connectivity index (χ1n) is 9.77. The molecular weight excluding hydrogens is 402 g/mol. The maximum atomic E-state index is 12.8. The number of nitriles is 1. The highest BCUT2D eigenvalue weighted by Crippen LogP contribution is 2.26. The quantitative estimate of drug-likeness (QED) is 0.795. The topological polar surface area (TPSA) is 106 Å². The number of rotatable bonds is 4. The van der Waals surface area contributed by atoms with Crippen molar-refractivity contribution in [1.29, 1.82) is 5.26 Å². The number of nitrogens with zero attached hydrogens (tertiary/aromatic N) is 4. The Hall–Kier alpha value is -3.12. The van der Waals surface area contributed by atoms with Gasteiger partial charge in [0.25, 0.3) is 5.91 Å². The Morgan fingerprint density at radius 3 is 2.83 bits per heavy atom. The lowest BCUT2D eigenvalue weighted by atomic mass is 10.0. The maximum absolute atomic E-state index is 12.8. The molecular formula is C21H21N5O3S. The van der Waals surface area contributed by atoms with E-state index in [1.807, 2.05) is 18.2 Å². The van der Waals surface area contributed by atoms with Gasteiger partial charge in [-0.1, -0.05) is 0 Å². The molecule has 2 aromatic rings. The molecule has 3 heterocycles. The van der Waals surface area contributed by atoms with Crippen LogP contribution in [-0.2, 0) is 9.59 Å². The van der Waals surface area contributed by atoms with Gasteiger partial charge in [0, 0.05) is 49.0 Å². The first-order valence-corrected chi connectivity index (χ1v) is 10.9. The van der Waals surface area contributed by atoms with Gasteiger partial charge in [0.15, 0.2) is 0 Å². The predicted octanol–water partition coefficient (Wildman–Crippen LogP) is 1.56. The number of carbonyl (C=O) groups is 3. The van der Waals surface area contributed by atoms with Crippen LogP contribution in [0.15, 0.2) is 30.5 Å². The summed E-state index contributed by atoms with van der Waals surface area (Å²) in [5.41, 5.74) is 2.07. The van der Waals surface area contributed by atoms with Crippen LogP contribution in [-0.4, -0.2) is 64.8 Å². The van der Waals surface area contributed by atoms with E-state index in [4.69, 9.17) is 5.26 Å². The molecule has 1 atom stereocenters. The highest BCUT2D eigenvalue weighted by molar-refractivity contribution is 7.99. The highest BCUT2D eigenvalue weighted by atomic mass is 32.2. The first kappa shape index (κ1) is 20.2. The minimum Gasteiger partial charge on any atom is -0.371 e. The second-order valence-electron chi connectivity index (χ2n) is 7.28. The van der Waals surface area contributed by atoms with Crippen LogP contribution in [0.1, 0.15) is 23.2 Å². The van der Waals surface area contributed by atoms with E-state index in [1.54, 1.807) is 12.3 Å². The number of hydrogen-bond donors (Lipinski definition) is 1. The third kappa shape index (κ3) is 4.09. The number of Topliss-reactive ketones (excluding diaryl/α,β-unsaturated/α-hetero) is 1. The van der Waals surface area contributed by atoms with E-state index in [0.29, 0.717) is 54.0 Å². The van der Waals surface area contributed by atoms with Crippen molar-refractivity contribution in [2.45, 2.75) is 18.9 Å². The fourth-order valence-electron chi connectivity index (χ4n) is 3.69. The molecule has 30 heavy (non-hydrogen) atoms. The Bertz CT molecular complexity index is 1040. The third-order valence-electron chi connectivity index (χ3n) is 5.41. The van der Waals surface area contributed by atoms with Crippen LogP contribution in [0.5, 0.6) is 0 Å². The van der Waals surface area contributed by atoms with Crippen molar-refractivity contribution in [1.82, 2.24) is 15.2 Å². The van der Waals surface area contributed by atoms with Gasteiger partial charge in [-0.05, 0) is 24.3 Å². The molecule has 2 amide bonds. The molecule has 0 spiro atoms. The number of thioether (sulfide) groups is 1. The normalized spacial score (nSPS) is 19.0. The molecule has 0 aliphatic carbocycles. The Kier molecular flexibility index (Phi) is 5.86. The van der Waals surface area contributed by atoms with Crippen LogP contribution in [0, 0.1) is 11.3 Å². The molecule has 0 bridgehead atoms. The van der Waals surface area contributed by atoms with E-state index in [0.717, 1.165) is 5.69 Å². The molecule has 2 fully saturated rings. The molecule has 9 heteroatoms. The van der Waals surface area contributed by atoms with Gasteiger partial charge < -0.3 is 15.1 Å². The van der Waals surface area contributed by atoms with E-state index in [1.165, 1.54) is 16.7 Å². The lowest BCUT2D eigenvalue weighted by Crippen LogP contribution is -2.42. The second kappa shape index (κ2) is 8.71. The Labute approximate surface area is 178 Å². The molecule has 4 rings (SSSR count). The van der Waals surface area contributed by atoms with Crippen molar-refractivity contribution >= 4 is 45.9 Å². The number of anilines is 1. The minimum atomic E-state index is -0.444. The number of amides is 2. The van der Waals surface area contributed by atoms with Crippen molar-refractivity contribution in [2.75, 3.05) is 36.2 Å². The van der Waals surface area contributed by atoms with Gasteiger partial charge in [-0.15, -0.1) is 11.8 Å². The number of ketones is 1. The van der Waals surface area contributed by atoms with Crippen LogP contribution in [0.25, 0.3) is 10.9 Å². The highest BCUT2D eigenvalue weighted by Gasteiger charge is 2.29. The summed E-state index contributed by atoms with van der Waals surface area (Å²) in [5, 5.41) is 12.5. The van der Waals surface area contributed by atoms with E-state index in [-0.39, 0.29) is 24.1 Å². The number of nitrogens with one attached hydrogen (secondary N) is 1. The monoisotopic (exact) mass is 423 g/mol. The van der Waals surface area contributed by atoms with E-state index in [2.05, 4.69) is 21.3 Å². The molecule has 1 N–H and O–H groups in total. The number of pyridine rings is 1. The number of hydrogen-bond acceptors (Lipinski definition) is 7. The van der Waals surface area contributed by atoms with Crippen LogP contribution in [0.4, 0.5) is 5.69 Å². The van der Waals surface area contributed by atoms with Crippen LogP contribution < -0.4 is 10.2 Å². The summed E-state index contributed by atoms with van der Waals surface area (Å²) in [7, 11) is 0. The van der Waals surface area contributed by atoms with Crippen LogP contribution in [0.2, 0.25) is 0 Å². The molecule has 1 aromatic carbocycles. The maximum Gasteiger partial charge on any atom is 0.252 e. The minimum absolute atomic E-state index is 0.157. The van der Waals surface area contributed by atoms with Crippen molar-refractivity contribution < 1.29 is 14.4 Å². The van der Waals surface area contributed by atoms with E-state index in [9.17, 15) is 14.4 Å². The number of fused-ring (bicyclic) bond motifs is 1. The van der Waals surface area contributed by atoms with Crippen LogP contribution >= 0.6 is 11.8 Å². The molecule has 2 aliphatic heterocycles. The number of aromatic nitrogens is 1. The van der Waals surface area contributed by atoms with Gasteiger partial charge in [-0.25, -0.2) is 0 Å². The summed E-state index contributed by atoms with van der Waals surface area (Å²) in [5.74, 6) is 0.704. The Morgan fingerprint density at radius 2 is 2.07 bits per heavy atom. The lowest BCUT2D eigenvalue weighted by molar-refractivity contribution is -0.129. The van der Waals surface area contributed by atoms with Gasteiger partial charge in [-0.3, -0.25) is 19.4 Å². The molecule has 0 radical (unpaired) electrons. The average molecular weight is 423 g/mol. The number of benzene rings is 1. The van der Waals surface area contributed by atoms with Gasteiger partial charge in [-0.2, -0.15) is 5.26 Å². The smallest absolute Gasteiger partial charge is 0.252 e. The fourth-order valence-corrected chi connectivity index (χ4v) is 4.80. The van der Waals surface area contributed by atoms with Crippen molar-refractivity contribution in [3.8, 4) is 6.07 Å². The van der Waals surface area contributed by atoms with Gasteiger partial charge in [0.1, 0.15) is 11.8 Å². The molecule has 0 saturated carbocycles. The number of piperidine rings is 1. The zero-order valence-corrected chi connectivity index (χ0v) is 17.2. The van der Waals surface area contributed by atoms with E-state index >= 15 is 0 Å². The SMILES string of the molecule is N#CC1CSCN1C(=O)CNC(=O)c1ccnc2ccc(N3CCC(=O)CC3)cc12. The predicted molar refractivity (Wildman–Crippen MR) is 114 cm³/mol. The molecule has 1 aromatic heterocycles. The van der Waals surface area contributed by atoms with Crippen molar-refractivity contribution in [3.05, 3.63) is 36.0 Å². The van der Waals surface area contributed by atoms with E-state index < -0.39 is 6.04 Å². The summed E-state index contributed by atoms with van der Waals surface area (Å²) in [6.45, 7) is 1.17. The van der Waals surface area contributed by atoms with Crippen LogP contribution in [0.3, 0.4) is 0 Å². The van der Waals surface area contributed by atoms with Crippen molar-refractivity contribution in [3.63, 3.8) is 0 Å². The molecule has 1 unspecified atom stereocenters. The standard InChI is InChI=1S/C21H21N5O3S/c22-10-15-12-30-13-26(15)20(28)11-24-21(29)17-3-6-23-19-2-1-14(9-18(17)19)25-7-4-16(27)5-8-25/h1-3,6,9,15H,4-5,7-8,11-13H2,(H,24,29). The molecule has 2 saturated heterocycles. The summed E-state index contributed by atoms with van der Waals surface area (Å²) >= 11 is 1.53. The summed E-state index contributed by atoms with van der Waals surface area (Å²) in [6.07, 6.45) is 2.62. The van der Waals surface area contributed by atoms with Crippen molar-refractivity contribution in [2.24, 2.45) is 0 Å². The summed E-state index contributed by atoms with van der Waals surface area (Å²) in [6, 6.07) is 9.03. The van der Waals surface area contributed by atoms with Gasteiger partial charge >= 0.3 is 0 Å². The summed E-state index contributed by atoms with van der Waals surface area (Å²) in [4.78, 5) is 44.7. The zero-order chi connectivity index (χ0) is 21.1. The molecule has 154 valence electrons. The fraction of sp³-hybridized carbons (Fsp3) is 0.381. The zero-order valence-electron chi connectivity index (χ0n) is 16.3. The average Bonchev–Trinajstić information content (AvgIpc) is 3.26. The van der Waals surface area contributed by atoms with Gasteiger partial charge in [0.2, 0.25) is 5.91 Å². The Morgan fingerprint density at radius 1 is 1.27 bits per heavy atom. The Balaban J connectivity index is 1.50. The lowest BCUT2D eigenvalue weighted by Gasteiger charge is -2.28. The second-order valence-corrected chi connectivity index (χ2v) is 8.28. The summed E-state index contributed by atoms with van der Waals surface area (Å²) < 4.78 is 0. The number of carbonyl (C=O) groups excluding carboxylic acids is 3.